The summed E-state index contributed by atoms with van der Waals surface area (Å²) < 4.78 is 18.6. The molecule has 0 aliphatic carbocycles. The van der Waals surface area contributed by atoms with Gasteiger partial charge in [-0.25, -0.2) is 0 Å². The lowest BCUT2D eigenvalue weighted by Gasteiger charge is -2.46. The largest absolute Gasteiger partial charge is 0.469 e. The molecule has 0 amide bonds. The van der Waals surface area contributed by atoms with Crippen LogP contribution in [-0.4, -0.2) is 67.5 Å². The molecule has 0 unspecified atom stereocenters. The van der Waals surface area contributed by atoms with Gasteiger partial charge in [0, 0.05) is 25.2 Å². The number of aliphatic imine (C=N–C) groups is 1. The van der Waals surface area contributed by atoms with Crippen LogP contribution in [0.1, 0.15) is 56.1 Å². The van der Waals surface area contributed by atoms with E-state index in [-0.39, 0.29) is 17.9 Å². The summed E-state index contributed by atoms with van der Waals surface area (Å²) in [5.74, 6) is -0.987. The molecule has 202 valence electrons. The van der Waals surface area contributed by atoms with E-state index in [0.717, 1.165) is 35.4 Å². The number of ether oxygens (including phenoxy) is 3. The standard InChI is InChI=1S/C31H39N3O4/c1-3-4-5-9-16-25-30-27(23-14-10-11-15-24(23)32-25)28(29(35)36-2)31(38-30,34-17-19-37-20-18-34)26(33-30)21-22-12-7-6-8-13-22/h6-8,10-15,25,27-28,32H,3-5,9,16-21H2,1-2H3/t25-,27-,28+,30-,31-/m0/s1. The summed E-state index contributed by atoms with van der Waals surface area (Å²) in [6.07, 6.45) is 6.22. The molecule has 7 heteroatoms. The normalized spacial score (nSPS) is 31.7. The fourth-order valence-electron chi connectivity index (χ4n) is 7.19. The Hall–Kier alpha value is -2.74. The van der Waals surface area contributed by atoms with Crippen LogP contribution in [0.15, 0.2) is 59.6 Å². The van der Waals surface area contributed by atoms with E-state index < -0.39 is 17.4 Å². The summed E-state index contributed by atoms with van der Waals surface area (Å²) in [7, 11) is 1.50. The summed E-state index contributed by atoms with van der Waals surface area (Å²) in [6.45, 7) is 4.80. The zero-order chi connectivity index (χ0) is 26.2. The van der Waals surface area contributed by atoms with E-state index in [9.17, 15) is 4.79 Å². The van der Waals surface area contributed by atoms with E-state index in [1.165, 1.54) is 26.4 Å². The van der Waals surface area contributed by atoms with Crippen LogP contribution in [0.5, 0.6) is 0 Å². The number of esters is 1. The lowest BCUT2D eigenvalue weighted by atomic mass is 9.67. The Morgan fingerprint density at radius 3 is 2.61 bits per heavy atom. The number of morpholine rings is 1. The zero-order valence-electron chi connectivity index (χ0n) is 22.5. The molecule has 2 aromatic carbocycles. The molecule has 1 N–H and O–H groups in total. The molecule has 4 heterocycles. The Bertz CT molecular complexity index is 1180. The van der Waals surface area contributed by atoms with Crippen molar-refractivity contribution in [3.63, 3.8) is 0 Å². The van der Waals surface area contributed by atoms with Gasteiger partial charge < -0.3 is 19.5 Å². The molecule has 7 nitrogen and oxygen atoms in total. The molecule has 2 bridgehead atoms. The highest BCUT2D eigenvalue weighted by atomic mass is 16.6. The van der Waals surface area contributed by atoms with Crippen molar-refractivity contribution in [3.05, 3.63) is 65.7 Å². The third-order valence-corrected chi connectivity index (χ3v) is 8.86. The second-order valence-electron chi connectivity index (χ2n) is 11.0. The number of rotatable bonds is 9. The summed E-state index contributed by atoms with van der Waals surface area (Å²) in [5, 5.41) is 3.82. The second-order valence-corrected chi connectivity index (χ2v) is 11.0. The molecule has 38 heavy (non-hydrogen) atoms. The van der Waals surface area contributed by atoms with Crippen molar-refractivity contribution in [2.45, 2.75) is 68.9 Å². The van der Waals surface area contributed by atoms with E-state index in [2.05, 4.69) is 59.6 Å². The number of hydrogen-bond donors (Lipinski definition) is 1. The molecule has 0 saturated carbocycles. The van der Waals surface area contributed by atoms with Gasteiger partial charge in [-0.15, -0.1) is 0 Å². The number of carbonyl (C=O) groups is 1. The minimum absolute atomic E-state index is 0.0393. The van der Waals surface area contributed by atoms with Crippen molar-refractivity contribution < 1.29 is 19.0 Å². The molecule has 6 rings (SSSR count). The quantitative estimate of drug-likeness (QED) is 0.381. The topological polar surface area (TPSA) is 72.4 Å². The lowest BCUT2D eigenvalue weighted by molar-refractivity contribution is -0.175. The Morgan fingerprint density at radius 1 is 1.08 bits per heavy atom. The number of fused-ring (bicyclic) bond motifs is 3. The number of carbonyl (C=O) groups excluding carboxylic acids is 1. The molecule has 1 spiro atoms. The summed E-state index contributed by atoms with van der Waals surface area (Å²) in [6, 6.07) is 18.7. The second kappa shape index (κ2) is 10.4. The maximum Gasteiger partial charge on any atom is 0.314 e. The lowest BCUT2D eigenvalue weighted by Crippen LogP contribution is -2.63. The van der Waals surface area contributed by atoms with Gasteiger partial charge in [0.05, 0.1) is 38.0 Å². The fraction of sp³-hybridized carbons (Fsp3) is 0.548. The minimum Gasteiger partial charge on any atom is -0.469 e. The molecular formula is C31H39N3O4. The first kappa shape index (κ1) is 25.5. The minimum atomic E-state index is -0.974. The first-order valence-corrected chi connectivity index (χ1v) is 14.2. The monoisotopic (exact) mass is 517 g/mol. The van der Waals surface area contributed by atoms with Crippen LogP contribution in [0.25, 0.3) is 0 Å². The molecule has 2 saturated heterocycles. The van der Waals surface area contributed by atoms with Crippen LogP contribution in [0.3, 0.4) is 0 Å². The van der Waals surface area contributed by atoms with Crippen molar-refractivity contribution in [1.29, 1.82) is 0 Å². The highest BCUT2D eigenvalue weighted by Crippen LogP contribution is 2.64. The van der Waals surface area contributed by atoms with Crippen LogP contribution >= 0.6 is 0 Å². The number of unbranched alkanes of at least 4 members (excludes halogenated alkanes) is 3. The van der Waals surface area contributed by atoms with Gasteiger partial charge in [0.25, 0.3) is 0 Å². The van der Waals surface area contributed by atoms with Gasteiger partial charge in [0.2, 0.25) is 0 Å². The van der Waals surface area contributed by atoms with Gasteiger partial charge in [-0.3, -0.25) is 14.7 Å². The predicted octanol–water partition coefficient (Wildman–Crippen LogP) is 4.78. The van der Waals surface area contributed by atoms with E-state index in [0.29, 0.717) is 32.7 Å². The zero-order valence-corrected chi connectivity index (χ0v) is 22.5. The van der Waals surface area contributed by atoms with E-state index in [1.54, 1.807) is 0 Å². The van der Waals surface area contributed by atoms with Gasteiger partial charge in [-0.05, 0) is 23.6 Å². The van der Waals surface area contributed by atoms with Crippen molar-refractivity contribution >= 4 is 17.4 Å². The fourth-order valence-corrected chi connectivity index (χ4v) is 7.19. The smallest absolute Gasteiger partial charge is 0.314 e. The van der Waals surface area contributed by atoms with Crippen molar-refractivity contribution in [1.82, 2.24) is 4.90 Å². The van der Waals surface area contributed by atoms with E-state index >= 15 is 0 Å². The molecule has 4 aliphatic heterocycles. The van der Waals surface area contributed by atoms with Crippen molar-refractivity contribution in [3.8, 4) is 0 Å². The third-order valence-electron chi connectivity index (χ3n) is 8.86. The predicted molar refractivity (Wildman–Crippen MR) is 147 cm³/mol. The number of para-hydroxylation sites is 1. The summed E-state index contributed by atoms with van der Waals surface area (Å²) in [4.78, 5) is 21.7. The third kappa shape index (κ3) is 3.98. The van der Waals surface area contributed by atoms with Gasteiger partial charge >= 0.3 is 5.97 Å². The van der Waals surface area contributed by atoms with Gasteiger partial charge in [0.15, 0.2) is 11.4 Å². The van der Waals surface area contributed by atoms with Gasteiger partial charge in [-0.1, -0.05) is 81.1 Å². The Labute approximate surface area is 225 Å². The molecule has 5 atom stereocenters. The first-order chi connectivity index (χ1) is 18.6. The maximum absolute atomic E-state index is 13.9. The number of benzene rings is 2. The summed E-state index contributed by atoms with van der Waals surface area (Å²) in [5.41, 5.74) is 2.41. The number of methoxy groups -OCH3 is 1. The highest BCUT2D eigenvalue weighted by molar-refractivity contribution is 6.02. The molecule has 2 aromatic rings. The average molecular weight is 518 g/mol. The van der Waals surface area contributed by atoms with Gasteiger partial charge in [0.1, 0.15) is 5.92 Å². The van der Waals surface area contributed by atoms with Gasteiger partial charge in [-0.2, -0.15) is 0 Å². The van der Waals surface area contributed by atoms with Crippen LogP contribution in [0, 0.1) is 5.92 Å². The Balaban J connectivity index is 1.52. The molecular weight excluding hydrogens is 478 g/mol. The summed E-state index contributed by atoms with van der Waals surface area (Å²) >= 11 is 0. The molecule has 0 radical (unpaired) electrons. The van der Waals surface area contributed by atoms with E-state index in [4.69, 9.17) is 19.2 Å². The molecule has 4 aliphatic rings. The number of nitrogens with one attached hydrogen (secondary N) is 1. The SMILES string of the molecule is CCCCCC[C@@H]1Nc2ccccc2[C@H]2[C@H](C(=O)OC)[C@@]3(N4CCOCC4)O[C@@]12N=C3Cc1ccccc1. The average Bonchev–Trinajstić information content (AvgIpc) is 3.46. The Morgan fingerprint density at radius 2 is 1.84 bits per heavy atom. The number of anilines is 1. The molecule has 0 aromatic heterocycles. The van der Waals surface area contributed by atoms with Crippen molar-refractivity contribution in [2.75, 3.05) is 38.7 Å². The Kier molecular flexibility index (Phi) is 7.01. The maximum atomic E-state index is 13.9. The molecule has 2 fully saturated rings. The van der Waals surface area contributed by atoms with Crippen molar-refractivity contribution in [2.24, 2.45) is 10.9 Å². The number of hydrogen-bond acceptors (Lipinski definition) is 7. The van der Waals surface area contributed by atoms with Crippen LogP contribution in [0.2, 0.25) is 0 Å². The number of nitrogens with zero attached hydrogens (tertiary/aromatic N) is 2. The highest BCUT2D eigenvalue weighted by Gasteiger charge is 2.76. The van der Waals surface area contributed by atoms with Crippen LogP contribution in [0.4, 0.5) is 5.69 Å². The van der Waals surface area contributed by atoms with Crippen LogP contribution in [-0.2, 0) is 25.4 Å². The first-order valence-electron chi connectivity index (χ1n) is 14.2. The van der Waals surface area contributed by atoms with Crippen LogP contribution < -0.4 is 5.32 Å². The van der Waals surface area contributed by atoms with E-state index in [1.807, 2.05) is 12.1 Å².